The number of hydrogen-bond acceptors (Lipinski definition) is 4. The molecule has 0 spiro atoms. The zero-order valence-corrected chi connectivity index (χ0v) is 22.8. The van der Waals surface area contributed by atoms with E-state index in [9.17, 15) is 14.7 Å². The number of Topliss-reactive ketones (excluding diaryl/α,β-unsaturated/α-hetero) is 1. The Morgan fingerprint density at radius 3 is 1.77 bits per heavy atom. The lowest BCUT2D eigenvalue weighted by atomic mass is 9.77. The molecule has 0 aliphatic rings. The van der Waals surface area contributed by atoms with Crippen LogP contribution in [-0.2, 0) is 21.5 Å². The van der Waals surface area contributed by atoms with Crippen molar-refractivity contribution in [1.82, 2.24) is 14.9 Å². The van der Waals surface area contributed by atoms with E-state index in [0.717, 1.165) is 22.4 Å². The fraction of sp³-hybridized carbons (Fsp3) is 0.303. The zero-order valence-electron chi connectivity index (χ0n) is 22.8. The average Bonchev–Trinajstić information content (AvgIpc) is 3.42. The molecule has 2 atom stereocenters. The van der Waals surface area contributed by atoms with Crippen molar-refractivity contribution in [3.63, 3.8) is 0 Å². The number of nitrogens with zero attached hydrogens (tertiary/aromatic N) is 2. The molecule has 1 heterocycles. The first-order valence-corrected chi connectivity index (χ1v) is 13.5. The van der Waals surface area contributed by atoms with Crippen molar-refractivity contribution in [3.05, 3.63) is 126 Å². The number of carbonyl (C=O) groups is 2. The van der Waals surface area contributed by atoms with Crippen LogP contribution < -0.4 is 5.32 Å². The monoisotopic (exact) mass is 523 g/mol. The van der Waals surface area contributed by atoms with Crippen molar-refractivity contribution >= 4 is 11.8 Å². The molecule has 0 amide bonds. The highest BCUT2D eigenvalue weighted by molar-refractivity contribution is 5.88. The van der Waals surface area contributed by atoms with E-state index in [1.807, 2.05) is 81.0 Å². The molecule has 4 rings (SSSR count). The van der Waals surface area contributed by atoms with Gasteiger partial charge in [0.2, 0.25) is 0 Å². The number of carboxylic acids is 1. The maximum absolute atomic E-state index is 13.2. The van der Waals surface area contributed by atoms with Crippen molar-refractivity contribution < 1.29 is 14.7 Å². The van der Waals surface area contributed by atoms with Gasteiger partial charge < -0.3 is 15.0 Å². The number of imidazole rings is 1. The number of carboxylic acid groups (broad SMARTS) is 1. The third-order valence-corrected chi connectivity index (χ3v) is 7.30. The Balaban J connectivity index is 1.73. The van der Waals surface area contributed by atoms with Crippen molar-refractivity contribution in [2.75, 3.05) is 7.05 Å². The Kier molecular flexibility index (Phi) is 9.10. The summed E-state index contributed by atoms with van der Waals surface area (Å²) in [6.45, 7) is 3.95. The van der Waals surface area contributed by atoms with Crippen LogP contribution in [0.25, 0.3) is 0 Å². The van der Waals surface area contributed by atoms with Gasteiger partial charge in [0.15, 0.2) is 5.78 Å². The number of likely N-dealkylation sites (N-methyl/N-ethyl adjacent to an activating group) is 1. The quantitative estimate of drug-likeness (QED) is 0.224. The predicted molar refractivity (Wildman–Crippen MR) is 154 cm³/mol. The summed E-state index contributed by atoms with van der Waals surface area (Å²) >= 11 is 0. The summed E-state index contributed by atoms with van der Waals surface area (Å²) in [6, 6.07) is 30.5. The minimum atomic E-state index is -0.922. The summed E-state index contributed by atoms with van der Waals surface area (Å²) in [5, 5.41) is 12.7. The number of aromatic nitrogens is 2. The van der Waals surface area contributed by atoms with Gasteiger partial charge in [0.25, 0.3) is 0 Å². The van der Waals surface area contributed by atoms with Gasteiger partial charge in [0.1, 0.15) is 5.54 Å². The SMILES string of the molecule is CN[C@@H](Cc1cn(C(c2ccccc2)(c2ccccc2)c2ccccc2)cn1)C(=O)C[C@@H](CC(C)C)C(=O)O. The Morgan fingerprint density at radius 1 is 0.872 bits per heavy atom. The second kappa shape index (κ2) is 12.7. The Morgan fingerprint density at radius 2 is 1.36 bits per heavy atom. The van der Waals surface area contributed by atoms with E-state index >= 15 is 0 Å². The number of aliphatic carboxylic acids is 1. The van der Waals surface area contributed by atoms with Crippen molar-refractivity contribution in [1.29, 1.82) is 0 Å². The van der Waals surface area contributed by atoms with E-state index in [1.165, 1.54) is 0 Å². The van der Waals surface area contributed by atoms with E-state index in [-0.39, 0.29) is 18.1 Å². The first kappa shape index (κ1) is 28.0. The van der Waals surface area contributed by atoms with E-state index in [1.54, 1.807) is 7.05 Å². The second-order valence-corrected chi connectivity index (χ2v) is 10.5. The minimum absolute atomic E-state index is 0.00170. The van der Waals surface area contributed by atoms with Gasteiger partial charge in [-0.1, -0.05) is 105 Å². The summed E-state index contributed by atoms with van der Waals surface area (Å²) in [5.74, 6) is -1.52. The number of hydrogen-bond donors (Lipinski definition) is 2. The summed E-state index contributed by atoms with van der Waals surface area (Å²) in [4.78, 5) is 29.7. The molecular weight excluding hydrogens is 486 g/mol. The number of rotatable bonds is 13. The van der Waals surface area contributed by atoms with Crippen LogP contribution in [0.15, 0.2) is 104 Å². The van der Waals surface area contributed by atoms with Crippen LogP contribution >= 0.6 is 0 Å². The van der Waals surface area contributed by atoms with Gasteiger partial charge in [-0.25, -0.2) is 4.98 Å². The van der Waals surface area contributed by atoms with Crippen molar-refractivity contribution in [3.8, 4) is 0 Å². The molecule has 0 aliphatic carbocycles. The van der Waals surface area contributed by atoms with Gasteiger partial charge in [-0.15, -0.1) is 0 Å². The van der Waals surface area contributed by atoms with Crippen LogP contribution in [0.5, 0.6) is 0 Å². The third kappa shape index (κ3) is 6.18. The molecular formula is C33H37N3O3. The molecule has 6 heteroatoms. The molecule has 202 valence electrons. The molecule has 0 fully saturated rings. The first-order valence-electron chi connectivity index (χ1n) is 13.5. The summed E-state index contributed by atoms with van der Waals surface area (Å²) in [6.07, 6.45) is 4.68. The molecule has 2 N–H and O–H groups in total. The lowest BCUT2D eigenvalue weighted by molar-refractivity contribution is -0.144. The van der Waals surface area contributed by atoms with Gasteiger partial charge in [0.05, 0.1) is 24.0 Å². The van der Waals surface area contributed by atoms with Crippen LogP contribution in [0.2, 0.25) is 0 Å². The van der Waals surface area contributed by atoms with Gasteiger partial charge in [-0.2, -0.15) is 0 Å². The highest BCUT2D eigenvalue weighted by Gasteiger charge is 2.38. The Hall–Kier alpha value is -4.03. The van der Waals surface area contributed by atoms with E-state index in [0.29, 0.717) is 12.8 Å². The highest BCUT2D eigenvalue weighted by Crippen LogP contribution is 2.40. The fourth-order valence-electron chi connectivity index (χ4n) is 5.45. The van der Waals surface area contributed by atoms with Gasteiger partial charge >= 0.3 is 5.97 Å². The number of benzene rings is 3. The summed E-state index contributed by atoms with van der Waals surface area (Å²) in [7, 11) is 1.74. The lowest BCUT2D eigenvalue weighted by Crippen LogP contribution is -2.38. The second-order valence-electron chi connectivity index (χ2n) is 10.5. The van der Waals surface area contributed by atoms with Crippen molar-refractivity contribution in [2.45, 2.75) is 44.7 Å². The van der Waals surface area contributed by atoms with Crippen molar-refractivity contribution in [2.24, 2.45) is 11.8 Å². The largest absolute Gasteiger partial charge is 0.481 e. The predicted octanol–water partition coefficient (Wildman–Crippen LogP) is 5.56. The van der Waals surface area contributed by atoms with Gasteiger partial charge in [-0.3, -0.25) is 9.59 Å². The van der Waals surface area contributed by atoms with Crippen LogP contribution in [0, 0.1) is 11.8 Å². The van der Waals surface area contributed by atoms with E-state index < -0.39 is 23.5 Å². The minimum Gasteiger partial charge on any atom is -0.481 e. The maximum Gasteiger partial charge on any atom is 0.306 e. The molecule has 0 aliphatic heterocycles. The van der Waals surface area contributed by atoms with Crippen LogP contribution in [-0.4, -0.2) is 39.5 Å². The molecule has 39 heavy (non-hydrogen) atoms. The van der Waals surface area contributed by atoms with Gasteiger partial charge in [-0.05, 0) is 36.1 Å². The molecule has 4 aromatic rings. The molecule has 6 nitrogen and oxygen atoms in total. The number of ketones is 1. The van der Waals surface area contributed by atoms with Crippen LogP contribution in [0.1, 0.15) is 49.1 Å². The molecule has 0 saturated carbocycles. The first-order chi connectivity index (χ1) is 18.9. The maximum atomic E-state index is 13.2. The lowest BCUT2D eigenvalue weighted by Gasteiger charge is -2.37. The topological polar surface area (TPSA) is 84.2 Å². The third-order valence-electron chi connectivity index (χ3n) is 7.30. The Labute approximate surface area is 230 Å². The fourth-order valence-corrected chi connectivity index (χ4v) is 5.45. The zero-order chi connectivity index (χ0) is 27.8. The number of carbonyl (C=O) groups excluding carboxylic acids is 1. The molecule has 0 bridgehead atoms. The van der Waals surface area contributed by atoms with Crippen LogP contribution in [0.4, 0.5) is 0 Å². The summed E-state index contributed by atoms with van der Waals surface area (Å²) in [5.41, 5.74) is 3.34. The standard InChI is InChI=1S/C33H37N3O3/c1-24(2)19-25(32(38)39)20-31(37)30(34-3)21-29-22-36(23-35-29)33(26-13-7-4-8-14-26,27-15-9-5-10-16-27)28-17-11-6-12-18-28/h4-18,22-25,30,34H,19-21H2,1-3H3,(H,38,39)/t25-,30+/m1/s1. The number of nitrogens with one attached hydrogen (secondary N) is 1. The molecule has 0 unspecified atom stereocenters. The Bertz CT molecular complexity index is 1250. The molecule has 0 saturated heterocycles. The highest BCUT2D eigenvalue weighted by atomic mass is 16.4. The molecule has 0 radical (unpaired) electrons. The van der Waals surface area contributed by atoms with E-state index in [2.05, 4.69) is 46.3 Å². The van der Waals surface area contributed by atoms with Gasteiger partial charge in [0, 0.05) is 19.0 Å². The van der Waals surface area contributed by atoms with Crippen LogP contribution in [0.3, 0.4) is 0 Å². The smallest absolute Gasteiger partial charge is 0.306 e. The summed E-state index contributed by atoms with van der Waals surface area (Å²) < 4.78 is 2.12. The average molecular weight is 524 g/mol. The molecule has 1 aromatic heterocycles. The van der Waals surface area contributed by atoms with E-state index in [4.69, 9.17) is 4.98 Å². The normalized spacial score (nSPS) is 13.2. The molecule has 3 aromatic carbocycles.